The molecule has 122 valence electrons. The molecule has 1 N–H and O–H groups in total. The van der Waals surface area contributed by atoms with Crippen molar-refractivity contribution in [1.82, 2.24) is 4.98 Å². The number of benzene rings is 2. The summed E-state index contributed by atoms with van der Waals surface area (Å²) in [7, 11) is 0. The van der Waals surface area contributed by atoms with E-state index in [2.05, 4.69) is 10.3 Å². The fraction of sp³-hybridized carbons (Fsp3) is 0.111. The van der Waals surface area contributed by atoms with Crippen molar-refractivity contribution in [3.05, 3.63) is 79.7 Å². The molecular weight excluding hydrogens is 363 g/mol. The van der Waals surface area contributed by atoms with Gasteiger partial charge in [0.25, 0.3) is 0 Å². The summed E-state index contributed by atoms with van der Waals surface area (Å²) >= 11 is 13.5. The second-order valence-corrected chi connectivity index (χ2v) is 7.43. The number of ketones is 1. The van der Waals surface area contributed by atoms with E-state index in [4.69, 9.17) is 23.2 Å². The number of halogens is 2. The van der Waals surface area contributed by atoms with Crippen molar-refractivity contribution < 1.29 is 4.79 Å². The smallest absolute Gasteiger partial charge is 0.193 e. The number of nitrogens with zero attached hydrogens (tertiary/aromatic N) is 1. The average Bonchev–Trinajstić information content (AvgIpc) is 2.99. The van der Waals surface area contributed by atoms with Crippen LogP contribution in [0.4, 0.5) is 5.69 Å². The zero-order valence-corrected chi connectivity index (χ0v) is 15.2. The summed E-state index contributed by atoms with van der Waals surface area (Å²) in [4.78, 5) is 17.6. The van der Waals surface area contributed by atoms with Gasteiger partial charge in [-0.3, -0.25) is 4.79 Å². The third kappa shape index (κ3) is 3.96. The van der Waals surface area contributed by atoms with Crippen molar-refractivity contribution in [2.45, 2.75) is 13.5 Å². The molecule has 0 aliphatic rings. The first-order chi connectivity index (χ1) is 11.5. The largest absolute Gasteiger partial charge is 0.379 e. The Balaban J connectivity index is 1.80. The zero-order chi connectivity index (χ0) is 17.1. The summed E-state index contributed by atoms with van der Waals surface area (Å²) < 4.78 is 0.501. The highest BCUT2D eigenvalue weighted by atomic mass is 35.5. The maximum absolute atomic E-state index is 12.6. The van der Waals surface area contributed by atoms with E-state index in [-0.39, 0.29) is 5.78 Å². The van der Waals surface area contributed by atoms with Gasteiger partial charge in [0.15, 0.2) is 10.3 Å². The molecule has 1 aromatic heterocycles. The number of rotatable bonds is 5. The molecule has 3 rings (SSSR count). The van der Waals surface area contributed by atoms with Gasteiger partial charge in [0, 0.05) is 22.2 Å². The number of hydrogen-bond donors (Lipinski definition) is 1. The van der Waals surface area contributed by atoms with Crippen LogP contribution in [0, 0.1) is 6.92 Å². The van der Waals surface area contributed by atoms with Crippen molar-refractivity contribution >= 4 is 46.0 Å². The van der Waals surface area contributed by atoms with Crippen LogP contribution in [0.1, 0.15) is 26.4 Å². The predicted octanol–water partition coefficient (Wildman–Crippen LogP) is 5.60. The molecule has 0 spiro atoms. The quantitative estimate of drug-likeness (QED) is 0.589. The first-order valence-electron chi connectivity index (χ1n) is 7.28. The molecule has 3 nitrogen and oxygen atoms in total. The van der Waals surface area contributed by atoms with Crippen molar-refractivity contribution in [2.24, 2.45) is 0 Å². The van der Waals surface area contributed by atoms with Crippen LogP contribution in [0.25, 0.3) is 0 Å². The van der Waals surface area contributed by atoms with Crippen LogP contribution in [0.2, 0.25) is 9.49 Å². The minimum atomic E-state index is -0.0319. The molecule has 3 aromatic rings. The maximum atomic E-state index is 12.6. The van der Waals surface area contributed by atoms with E-state index in [1.807, 2.05) is 31.2 Å². The van der Waals surface area contributed by atoms with E-state index in [0.717, 1.165) is 10.4 Å². The molecule has 0 bridgehead atoms. The Morgan fingerprint density at radius 2 is 1.83 bits per heavy atom. The zero-order valence-electron chi connectivity index (χ0n) is 12.8. The summed E-state index contributed by atoms with van der Waals surface area (Å²) in [5, 5.41) is 3.79. The lowest BCUT2D eigenvalue weighted by molar-refractivity contribution is 0.103. The van der Waals surface area contributed by atoms with E-state index in [1.165, 1.54) is 11.3 Å². The van der Waals surface area contributed by atoms with Crippen molar-refractivity contribution in [3.63, 3.8) is 0 Å². The summed E-state index contributed by atoms with van der Waals surface area (Å²) in [5.41, 5.74) is 3.07. The normalized spacial score (nSPS) is 10.6. The summed E-state index contributed by atoms with van der Waals surface area (Å²) in [6, 6.07) is 12.8. The third-order valence-corrected chi connectivity index (χ3v) is 4.97. The molecule has 0 aliphatic heterocycles. The second kappa shape index (κ2) is 7.34. The van der Waals surface area contributed by atoms with Crippen LogP contribution in [0.15, 0.2) is 48.7 Å². The Bertz CT molecular complexity index is 875. The van der Waals surface area contributed by atoms with E-state index < -0.39 is 0 Å². The fourth-order valence-corrected chi connectivity index (χ4v) is 3.32. The van der Waals surface area contributed by atoms with Crippen LogP contribution in [0.3, 0.4) is 0 Å². The molecule has 0 radical (unpaired) electrons. The molecular formula is C18H14Cl2N2OS. The lowest BCUT2D eigenvalue weighted by atomic mass is 10.0. The minimum absolute atomic E-state index is 0.0319. The highest BCUT2D eigenvalue weighted by Gasteiger charge is 2.11. The number of anilines is 1. The second-order valence-electron chi connectivity index (χ2n) is 5.32. The molecule has 1 heterocycles. The van der Waals surface area contributed by atoms with Crippen LogP contribution >= 0.6 is 34.5 Å². The standard InChI is InChI=1S/C18H14Cl2N2OS/c1-11-2-4-12(5-3-11)17(23)13-6-7-15(19)16(8-13)21-9-14-10-22-18(20)24-14/h2-8,10,21H,9H2,1H3. The van der Waals surface area contributed by atoms with E-state index in [0.29, 0.717) is 32.8 Å². The highest BCUT2D eigenvalue weighted by Crippen LogP contribution is 2.26. The molecule has 0 fully saturated rings. The van der Waals surface area contributed by atoms with E-state index in [1.54, 1.807) is 24.4 Å². The molecule has 0 unspecified atom stereocenters. The number of aryl methyl sites for hydroxylation is 1. The Hall–Kier alpha value is -1.88. The van der Waals surface area contributed by atoms with E-state index >= 15 is 0 Å². The van der Waals surface area contributed by atoms with Gasteiger partial charge in [-0.1, -0.05) is 53.0 Å². The van der Waals surface area contributed by atoms with E-state index in [9.17, 15) is 4.79 Å². The molecule has 0 saturated heterocycles. The van der Waals surface area contributed by atoms with Gasteiger partial charge in [-0.05, 0) is 25.1 Å². The third-order valence-electron chi connectivity index (χ3n) is 3.52. The number of carbonyl (C=O) groups excluding carboxylic acids is 1. The Labute approximate surface area is 154 Å². The lowest BCUT2D eigenvalue weighted by Gasteiger charge is -2.09. The maximum Gasteiger partial charge on any atom is 0.193 e. The first kappa shape index (κ1) is 17.0. The van der Waals surface area contributed by atoms with Crippen LogP contribution < -0.4 is 5.32 Å². The average molecular weight is 377 g/mol. The number of hydrogen-bond acceptors (Lipinski definition) is 4. The highest BCUT2D eigenvalue weighted by molar-refractivity contribution is 7.15. The van der Waals surface area contributed by atoms with Crippen LogP contribution in [-0.4, -0.2) is 10.8 Å². The molecule has 0 aliphatic carbocycles. The number of thiazole rings is 1. The predicted molar refractivity (Wildman–Crippen MR) is 101 cm³/mol. The van der Waals surface area contributed by atoms with Crippen molar-refractivity contribution in [1.29, 1.82) is 0 Å². The van der Waals surface area contributed by atoms with Gasteiger partial charge in [-0.2, -0.15) is 0 Å². The Kier molecular flexibility index (Phi) is 5.19. The van der Waals surface area contributed by atoms with Crippen LogP contribution in [0.5, 0.6) is 0 Å². The molecule has 24 heavy (non-hydrogen) atoms. The van der Waals surface area contributed by atoms with Gasteiger partial charge in [0.1, 0.15) is 0 Å². The summed E-state index contributed by atoms with van der Waals surface area (Å²) in [6.45, 7) is 2.54. The number of carbonyl (C=O) groups is 1. The van der Waals surface area contributed by atoms with Gasteiger partial charge in [0.05, 0.1) is 17.3 Å². The lowest BCUT2D eigenvalue weighted by Crippen LogP contribution is -2.04. The SMILES string of the molecule is Cc1ccc(C(=O)c2ccc(Cl)c(NCc3cnc(Cl)s3)c2)cc1. The minimum Gasteiger partial charge on any atom is -0.379 e. The van der Waals surface area contributed by atoms with Gasteiger partial charge >= 0.3 is 0 Å². The Morgan fingerprint density at radius 1 is 1.12 bits per heavy atom. The molecule has 0 saturated carbocycles. The van der Waals surface area contributed by atoms with Crippen LogP contribution in [-0.2, 0) is 6.54 Å². The van der Waals surface area contributed by atoms with Crippen molar-refractivity contribution in [2.75, 3.05) is 5.32 Å². The van der Waals surface area contributed by atoms with Gasteiger partial charge in [-0.15, -0.1) is 11.3 Å². The molecule has 0 amide bonds. The number of nitrogens with one attached hydrogen (secondary N) is 1. The topological polar surface area (TPSA) is 42.0 Å². The van der Waals surface area contributed by atoms with Gasteiger partial charge in [0.2, 0.25) is 0 Å². The summed E-state index contributed by atoms with van der Waals surface area (Å²) in [5.74, 6) is -0.0319. The monoisotopic (exact) mass is 376 g/mol. The fourth-order valence-electron chi connectivity index (χ4n) is 2.22. The van der Waals surface area contributed by atoms with Gasteiger partial charge in [-0.25, -0.2) is 4.98 Å². The first-order valence-corrected chi connectivity index (χ1v) is 8.85. The summed E-state index contributed by atoms with van der Waals surface area (Å²) in [6.07, 6.45) is 1.72. The molecule has 2 aromatic carbocycles. The van der Waals surface area contributed by atoms with Crippen molar-refractivity contribution in [3.8, 4) is 0 Å². The Morgan fingerprint density at radius 3 is 2.50 bits per heavy atom. The number of aromatic nitrogens is 1. The molecule has 0 atom stereocenters. The molecule has 6 heteroatoms. The van der Waals surface area contributed by atoms with Gasteiger partial charge < -0.3 is 5.32 Å².